The van der Waals surface area contributed by atoms with Gasteiger partial charge in [0.05, 0.1) is 24.9 Å². The number of hydrogen-bond donors (Lipinski definition) is 1. The van der Waals surface area contributed by atoms with Crippen LogP contribution < -0.4 is 20.4 Å². The molecule has 2 saturated heterocycles. The Morgan fingerprint density at radius 3 is 2.60 bits per heavy atom. The number of benzene rings is 2. The Hall–Kier alpha value is -2.84. The predicted octanol–water partition coefficient (Wildman–Crippen LogP) is 4.29. The van der Waals surface area contributed by atoms with Gasteiger partial charge in [-0.1, -0.05) is 50.4 Å². The third-order valence-corrected chi connectivity index (χ3v) is 8.73. The smallest absolute Gasteiger partial charge is 0.318 e. The van der Waals surface area contributed by atoms with Crippen molar-refractivity contribution in [1.29, 1.82) is 0 Å². The summed E-state index contributed by atoms with van der Waals surface area (Å²) in [6.45, 7) is 9.98. The Labute approximate surface area is 242 Å². The van der Waals surface area contributed by atoms with Crippen LogP contribution in [0.1, 0.15) is 31.7 Å². The largest absolute Gasteiger partial charge is 0.403 e. The van der Waals surface area contributed by atoms with Crippen molar-refractivity contribution in [2.75, 3.05) is 49.8 Å². The molecular weight excluding hydrogens is 549 g/mol. The van der Waals surface area contributed by atoms with Crippen LogP contribution in [0.2, 0.25) is 5.02 Å². The molecule has 9 nitrogen and oxygen atoms in total. The van der Waals surface area contributed by atoms with Crippen molar-refractivity contribution in [2.24, 2.45) is 5.41 Å². The lowest BCUT2D eigenvalue weighted by molar-refractivity contribution is -0.120. The number of aromatic nitrogens is 2. The monoisotopic (exact) mass is 585 g/mol. The van der Waals surface area contributed by atoms with Crippen LogP contribution in [0.3, 0.4) is 0 Å². The summed E-state index contributed by atoms with van der Waals surface area (Å²) in [5.74, 6) is 0.473. The quantitative estimate of drug-likeness (QED) is 0.371. The van der Waals surface area contributed by atoms with E-state index in [0.29, 0.717) is 38.5 Å². The molecule has 5 rings (SSSR count). The second-order valence-corrected chi connectivity index (χ2v) is 11.7. The third-order valence-electron chi connectivity index (χ3n) is 7.52. The van der Waals surface area contributed by atoms with E-state index in [9.17, 15) is 4.79 Å². The standard InChI is InChI=1S/C28H35ClN5O3P.CH2O/c1-4-22(30-2)26(35)34(15-19-6-9-21(29)10-7-19)23-14-20(8-11-24(23)38-3)25-31-32-27(37-25)33-16-28(17-33)12-5-13-36-18-28;1-2/h6-11,14,22,30,38H,4-5,12-13,15-18H2,1-3H3;1H2/t22-;/m0./s1. The van der Waals surface area contributed by atoms with E-state index in [0.717, 1.165) is 54.8 Å². The summed E-state index contributed by atoms with van der Waals surface area (Å²) in [5, 5.41) is 13.6. The molecule has 3 aromatic rings. The van der Waals surface area contributed by atoms with Gasteiger partial charge in [-0.15, -0.1) is 5.10 Å². The number of carbonyl (C=O) groups excluding carboxylic acids is 2. The van der Waals surface area contributed by atoms with Gasteiger partial charge in [-0.25, -0.2) is 0 Å². The lowest BCUT2D eigenvalue weighted by Crippen LogP contribution is -2.60. The normalized spacial score (nSPS) is 16.9. The maximum Gasteiger partial charge on any atom is 0.318 e. The molecule has 40 heavy (non-hydrogen) atoms. The molecule has 2 fully saturated rings. The van der Waals surface area contributed by atoms with Crippen molar-refractivity contribution in [3.8, 4) is 11.5 Å². The molecule has 2 atom stereocenters. The first-order chi connectivity index (χ1) is 19.4. The van der Waals surface area contributed by atoms with Gasteiger partial charge in [-0.2, -0.15) is 0 Å². The topological polar surface area (TPSA) is 101 Å². The summed E-state index contributed by atoms with van der Waals surface area (Å²) in [6.07, 6.45) is 2.97. The van der Waals surface area contributed by atoms with Crippen LogP contribution >= 0.6 is 20.2 Å². The fourth-order valence-corrected chi connectivity index (χ4v) is 6.20. The molecule has 0 saturated carbocycles. The van der Waals surface area contributed by atoms with E-state index in [2.05, 4.69) is 33.1 Å². The number of halogens is 1. The molecule has 1 spiro atoms. The zero-order valence-corrected chi connectivity index (χ0v) is 25.0. The Bertz CT molecular complexity index is 1270. The minimum atomic E-state index is -0.295. The fourth-order valence-electron chi connectivity index (χ4n) is 5.36. The van der Waals surface area contributed by atoms with Crippen LogP contribution in [-0.2, 0) is 20.9 Å². The predicted molar refractivity (Wildman–Crippen MR) is 161 cm³/mol. The van der Waals surface area contributed by atoms with Crippen molar-refractivity contribution in [1.82, 2.24) is 15.5 Å². The van der Waals surface area contributed by atoms with E-state index in [4.69, 9.17) is 25.5 Å². The number of rotatable bonds is 9. The van der Waals surface area contributed by atoms with Gasteiger partial charge >= 0.3 is 6.01 Å². The van der Waals surface area contributed by atoms with Crippen molar-refractivity contribution in [3.05, 3.63) is 53.1 Å². The summed E-state index contributed by atoms with van der Waals surface area (Å²) in [5.41, 5.74) is 2.88. The molecular formula is C29H37ClN5O4P. The van der Waals surface area contributed by atoms with Crippen LogP contribution in [0.15, 0.2) is 46.9 Å². The van der Waals surface area contributed by atoms with Crippen molar-refractivity contribution >= 4 is 49.9 Å². The van der Waals surface area contributed by atoms with Gasteiger partial charge in [0.25, 0.3) is 0 Å². The highest BCUT2D eigenvalue weighted by atomic mass is 35.5. The number of amides is 1. The SMILES string of the molecule is C=O.CC[C@H](NC)C(=O)N(Cc1ccc(Cl)cc1)c1cc(-c2nnc(N3CC4(CCCOC4)C3)o2)ccc1PC. The van der Waals surface area contributed by atoms with E-state index < -0.39 is 0 Å². The van der Waals surface area contributed by atoms with Crippen LogP contribution in [0.5, 0.6) is 0 Å². The second-order valence-electron chi connectivity index (χ2n) is 10.2. The van der Waals surface area contributed by atoms with E-state index in [-0.39, 0.29) is 17.4 Å². The number of nitrogens with one attached hydrogen (secondary N) is 1. The Balaban J connectivity index is 0.00000181. The molecule has 1 amide bonds. The summed E-state index contributed by atoms with van der Waals surface area (Å²) < 4.78 is 11.8. The van der Waals surface area contributed by atoms with Crippen LogP contribution in [0.4, 0.5) is 11.7 Å². The van der Waals surface area contributed by atoms with Gasteiger partial charge in [-0.05, 0) is 68.1 Å². The highest BCUT2D eigenvalue weighted by Crippen LogP contribution is 2.40. The first-order valence-electron chi connectivity index (χ1n) is 13.5. The Morgan fingerprint density at radius 2 is 1.98 bits per heavy atom. The summed E-state index contributed by atoms with van der Waals surface area (Å²) in [7, 11) is 2.33. The fraction of sp³-hybridized carbons (Fsp3) is 0.448. The van der Waals surface area contributed by atoms with E-state index >= 15 is 0 Å². The number of anilines is 2. The zero-order chi connectivity index (χ0) is 28.7. The van der Waals surface area contributed by atoms with Crippen molar-refractivity contribution < 1.29 is 18.7 Å². The maximum atomic E-state index is 13.8. The van der Waals surface area contributed by atoms with Crippen LogP contribution in [0, 0.1) is 5.41 Å². The number of carbonyl (C=O) groups is 2. The second kappa shape index (κ2) is 13.7. The van der Waals surface area contributed by atoms with Gasteiger partial charge in [0.15, 0.2) is 0 Å². The average molecular weight is 586 g/mol. The zero-order valence-electron chi connectivity index (χ0n) is 23.3. The van der Waals surface area contributed by atoms with Gasteiger partial charge in [0.2, 0.25) is 11.8 Å². The molecule has 0 radical (unpaired) electrons. The molecule has 1 unspecified atom stereocenters. The molecule has 2 aliphatic rings. The Morgan fingerprint density at radius 1 is 1.23 bits per heavy atom. The van der Waals surface area contributed by atoms with Gasteiger partial charge in [0, 0.05) is 35.7 Å². The highest BCUT2D eigenvalue weighted by molar-refractivity contribution is 7.46. The summed E-state index contributed by atoms with van der Waals surface area (Å²) in [4.78, 5) is 25.7. The van der Waals surface area contributed by atoms with E-state index in [1.165, 1.54) is 6.42 Å². The van der Waals surface area contributed by atoms with Crippen molar-refractivity contribution in [3.63, 3.8) is 0 Å². The molecule has 0 aliphatic carbocycles. The summed E-state index contributed by atoms with van der Waals surface area (Å²) in [6, 6.07) is 13.9. The number of likely N-dealkylation sites (N-methyl/N-ethyl adjacent to an activating group) is 1. The average Bonchev–Trinajstić information content (AvgIpc) is 3.47. The molecule has 1 N–H and O–H groups in total. The molecule has 2 aromatic carbocycles. The van der Waals surface area contributed by atoms with E-state index in [1.807, 2.05) is 62.1 Å². The van der Waals surface area contributed by atoms with Crippen LogP contribution in [-0.4, -0.2) is 69.0 Å². The minimum absolute atomic E-state index is 0.0217. The number of ether oxygens (including phenoxy) is 1. The van der Waals surface area contributed by atoms with Gasteiger partial charge in [-0.3, -0.25) is 4.79 Å². The molecule has 1 aromatic heterocycles. The van der Waals surface area contributed by atoms with Crippen molar-refractivity contribution in [2.45, 2.75) is 38.8 Å². The first-order valence-corrected chi connectivity index (χ1v) is 15.3. The van der Waals surface area contributed by atoms with Gasteiger partial charge in [0.1, 0.15) is 6.79 Å². The molecule has 0 bridgehead atoms. The lowest BCUT2D eigenvalue weighted by atomic mass is 9.76. The van der Waals surface area contributed by atoms with Gasteiger partial charge < -0.3 is 29.1 Å². The minimum Gasteiger partial charge on any atom is -0.403 e. The van der Waals surface area contributed by atoms with Crippen LogP contribution in [0.25, 0.3) is 11.5 Å². The highest BCUT2D eigenvalue weighted by Gasteiger charge is 2.46. The first kappa shape index (κ1) is 30.1. The molecule has 214 valence electrons. The maximum absolute atomic E-state index is 13.8. The molecule has 3 heterocycles. The third kappa shape index (κ3) is 6.55. The number of nitrogens with zero attached hydrogens (tertiary/aromatic N) is 4. The lowest BCUT2D eigenvalue weighted by Gasteiger charge is -2.50. The molecule has 2 aliphatic heterocycles. The summed E-state index contributed by atoms with van der Waals surface area (Å²) >= 11 is 6.12. The Kier molecular flexibility index (Phi) is 10.3. The number of hydrogen-bond acceptors (Lipinski definition) is 8. The molecule has 11 heteroatoms. The van der Waals surface area contributed by atoms with E-state index in [1.54, 1.807) is 0 Å².